The van der Waals surface area contributed by atoms with Gasteiger partial charge in [0, 0.05) is 33.5 Å². The van der Waals surface area contributed by atoms with Crippen molar-refractivity contribution >= 4 is 32.7 Å². The van der Waals surface area contributed by atoms with Crippen LogP contribution in [0, 0.1) is 12.8 Å². The van der Waals surface area contributed by atoms with E-state index in [1.165, 1.54) is 27.7 Å². The van der Waals surface area contributed by atoms with Crippen molar-refractivity contribution in [2.45, 2.75) is 33.2 Å². The lowest BCUT2D eigenvalue weighted by atomic mass is 9.98. The van der Waals surface area contributed by atoms with Gasteiger partial charge in [0.15, 0.2) is 0 Å². The van der Waals surface area contributed by atoms with Crippen LogP contribution in [0.4, 0.5) is 0 Å². The van der Waals surface area contributed by atoms with Crippen LogP contribution in [0.25, 0.3) is 10.9 Å². The minimum absolute atomic E-state index is 0.139. The lowest BCUT2D eigenvalue weighted by Gasteiger charge is -2.10. The van der Waals surface area contributed by atoms with E-state index in [9.17, 15) is 4.79 Å². The summed E-state index contributed by atoms with van der Waals surface area (Å²) in [5.74, 6) is 0.455. The monoisotopic (exact) mass is 428 g/mol. The number of carbonyl (C=O) groups excluding carboxylic acids is 1. The molecule has 27 heavy (non-hydrogen) atoms. The number of halogens is 1. The van der Waals surface area contributed by atoms with Gasteiger partial charge in [0.1, 0.15) is 5.75 Å². The van der Waals surface area contributed by atoms with Gasteiger partial charge in [-0.05, 0) is 61.2 Å². The normalized spacial score (nSPS) is 12.3. The Bertz CT molecular complexity index is 961. The Balaban J connectivity index is 2.03. The number of amides is 1. The molecular formula is C22H25BrN2O2. The average molecular weight is 429 g/mol. The van der Waals surface area contributed by atoms with Gasteiger partial charge in [0.05, 0.1) is 7.11 Å². The zero-order valence-corrected chi connectivity index (χ0v) is 17.5. The number of ether oxygens (including phenoxy) is 1. The van der Waals surface area contributed by atoms with E-state index in [-0.39, 0.29) is 11.8 Å². The molecule has 0 aliphatic heterocycles. The van der Waals surface area contributed by atoms with Gasteiger partial charge in [-0.1, -0.05) is 35.0 Å². The molecule has 3 aromatic rings. The summed E-state index contributed by atoms with van der Waals surface area (Å²) in [6.45, 7) is 4.84. The van der Waals surface area contributed by atoms with Crippen LogP contribution in [0.1, 0.15) is 30.2 Å². The van der Waals surface area contributed by atoms with Crippen molar-refractivity contribution in [2.24, 2.45) is 11.7 Å². The van der Waals surface area contributed by atoms with Gasteiger partial charge in [-0.2, -0.15) is 0 Å². The highest BCUT2D eigenvalue weighted by Crippen LogP contribution is 2.31. The first-order valence-corrected chi connectivity index (χ1v) is 9.89. The molecular weight excluding hydrogens is 404 g/mol. The Kier molecular flexibility index (Phi) is 5.90. The van der Waals surface area contributed by atoms with Crippen LogP contribution in [0.3, 0.4) is 0 Å². The number of nitrogens with two attached hydrogens (primary N) is 1. The molecule has 1 heterocycles. The SMILES string of the molecule is COc1ccc2c(c1)c(CCC(C)C(N)=O)c(C)n2Cc1ccc(Br)cc1. The number of aromatic nitrogens is 1. The van der Waals surface area contributed by atoms with Crippen molar-refractivity contribution in [1.29, 1.82) is 0 Å². The van der Waals surface area contributed by atoms with E-state index < -0.39 is 0 Å². The number of aryl methyl sites for hydroxylation is 1. The van der Waals surface area contributed by atoms with Gasteiger partial charge < -0.3 is 15.0 Å². The molecule has 0 fully saturated rings. The molecule has 0 bridgehead atoms. The molecule has 3 rings (SSSR count). The number of primary amides is 1. The predicted molar refractivity (Wildman–Crippen MR) is 113 cm³/mol. The van der Waals surface area contributed by atoms with Crippen molar-refractivity contribution in [3.8, 4) is 5.75 Å². The topological polar surface area (TPSA) is 57.2 Å². The highest BCUT2D eigenvalue weighted by atomic mass is 79.9. The number of hydrogen-bond acceptors (Lipinski definition) is 2. The minimum Gasteiger partial charge on any atom is -0.497 e. The van der Waals surface area contributed by atoms with Crippen molar-refractivity contribution in [2.75, 3.05) is 7.11 Å². The van der Waals surface area contributed by atoms with E-state index >= 15 is 0 Å². The molecule has 1 amide bonds. The van der Waals surface area contributed by atoms with Gasteiger partial charge in [-0.3, -0.25) is 4.79 Å². The molecule has 2 aromatic carbocycles. The Morgan fingerprint density at radius 2 is 1.93 bits per heavy atom. The number of benzene rings is 2. The first kappa shape index (κ1) is 19.5. The largest absolute Gasteiger partial charge is 0.497 e. The standard InChI is InChI=1S/C22H25BrN2O2/c1-14(22(24)26)4-10-19-15(2)25(13-16-5-7-17(23)8-6-16)21-11-9-18(27-3)12-20(19)21/h5-9,11-12,14H,4,10,13H2,1-3H3,(H2,24,26). The fourth-order valence-electron chi connectivity index (χ4n) is 3.45. The third-order valence-electron chi connectivity index (χ3n) is 5.23. The molecule has 2 N–H and O–H groups in total. The van der Waals surface area contributed by atoms with Crippen LogP contribution in [0.2, 0.25) is 0 Å². The summed E-state index contributed by atoms with van der Waals surface area (Å²) >= 11 is 3.49. The van der Waals surface area contributed by atoms with Gasteiger partial charge in [0.2, 0.25) is 5.91 Å². The van der Waals surface area contributed by atoms with Crippen LogP contribution in [-0.4, -0.2) is 17.6 Å². The minimum atomic E-state index is -0.246. The summed E-state index contributed by atoms with van der Waals surface area (Å²) in [7, 11) is 1.68. The fraction of sp³-hybridized carbons (Fsp3) is 0.318. The molecule has 0 spiro atoms. The Morgan fingerprint density at radius 1 is 1.22 bits per heavy atom. The van der Waals surface area contributed by atoms with Crippen molar-refractivity contribution in [3.05, 3.63) is 63.8 Å². The number of nitrogens with zero attached hydrogens (tertiary/aromatic N) is 1. The zero-order chi connectivity index (χ0) is 19.6. The van der Waals surface area contributed by atoms with Crippen LogP contribution in [0.15, 0.2) is 46.9 Å². The van der Waals surface area contributed by atoms with E-state index in [2.05, 4.69) is 63.8 Å². The molecule has 0 aliphatic rings. The number of hydrogen-bond donors (Lipinski definition) is 1. The van der Waals surface area contributed by atoms with Crippen molar-refractivity contribution < 1.29 is 9.53 Å². The van der Waals surface area contributed by atoms with E-state index in [0.29, 0.717) is 0 Å². The molecule has 0 aliphatic carbocycles. The van der Waals surface area contributed by atoms with Crippen LogP contribution < -0.4 is 10.5 Å². The third kappa shape index (κ3) is 4.19. The lowest BCUT2D eigenvalue weighted by Crippen LogP contribution is -2.21. The van der Waals surface area contributed by atoms with Crippen LogP contribution >= 0.6 is 15.9 Å². The first-order chi connectivity index (χ1) is 12.9. The summed E-state index contributed by atoms with van der Waals surface area (Å²) in [5, 5.41) is 1.18. The number of rotatable bonds is 7. The summed E-state index contributed by atoms with van der Waals surface area (Å²) in [5.41, 5.74) is 10.3. The summed E-state index contributed by atoms with van der Waals surface area (Å²) < 4.78 is 8.84. The maximum atomic E-state index is 11.4. The number of fused-ring (bicyclic) bond motifs is 1. The highest BCUT2D eigenvalue weighted by Gasteiger charge is 2.17. The summed E-state index contributed by atoms with van der Waals surface area (Å²) in [6, 6.07) is 14.6. The molecule has 5 heteroatoms. The summed E-state index contributed by atoms with van der Waals surface area (Å²) in [6.07, 6.45) is 1.55. The molecule has 1 unspecified atom stereocenters. The maximum Gasteiger partial charge on any atom is 0.220 e. The Hall–Kier alpha value is -2.27. The highest BCUT2D eigenvalue weighted by molar-refractivity contribution is 9.10. The quantitative estimate of drug-likeness (QED) is 0.585. The van der Waals surface area contributed by atoms with Crippen LogP contribution in [0.5, 0.6) is 5.75 Å². The average Bonchev–Trinajstić information content (AvgIpc) is 2.92. The molecule has 1 aromatic heterocycles. The summed E-state index contributed by atoms with van der Waals surface area (Å²) in [4.78, 5) is 11.4. The van der Waals surface area contributed by atoms with E-state index in [1.54, 1.807) is 7.11 Å². The van der Waals surface area contributed by atoms with Crippen molar-refractivity contribution in [1.82, 2.24) is 4.57 Å². The van der Waals surface area contributed by atoms with Crippen LogP contribution in [-0.2, 0) is 17.8 Å². The molecule has 0 saturated heterocycles. The van der Waals surface area contributed by atoms with Gasteiger partial charge in [-0.15, -0.1) is 0 Å². The maximum absolute atomic E-state index is 11.4. The number of carbonyl (C=O) groups is 1. The molecule has 1 atom stereocenters. The van der Waals surface area contributed by atoms with E-state index in [1.807, 2.05) is 13.0 Å². The lowest BCUT2D eigenvalue weighted by molar-refractivity contribution is -0.121. The number of methoxy groups -OCH3 is 1. The fourth-order valence-corrected chi connectivity index (χ4v) is 3.72. The first-order valence-electron chi connectivity index (χ1n) is 9.10. The van der Waals surface area contributed by atoms with Crippen molar-refractivity contribution in [3.63, 3.8) is 0 Å². The van der Waals surface area contributed by atoms with Gasteiger partial charge in [-0.25, -0.2) is 0 Å². The third-order valence-corrected chi connectivity index (χ3v) is 5.76. The van der Waals surface area contributed by atoms with Gasteiger partial charge >= 0.3 is 0 Å². The Morgan fingerprint density at radius 3 is 2.56 bits per heavy atom. The predicted octanol–water partition coefficient (Wildman–Crippen LogP) is 4.82. The zero-order valence-electron chi connectivity index (χ0n) is 16.0. The molecule has 4 nitrogen and oxygen atoms in total. The molecule has 142 valence electrons. The van der Waals surface area contributed by atoms with E-state index in [4.69, 9.17) is 10.5 Å². The second-order valence-electron chi connectivity index (χ2n) is 7.00. The Labute approximate surface area is 168 Å². The van der Waals surface area contributed by atoms with Gasteiger partial charge in [0.25, 0.3) is 0 Å². The smallest absolute Gasteiger partial charge is 0.220 e. The molecule has 0 radical (unpaired) electrons. The van der Waals surface area contributed by atoms with E-state index in [0.717, 1.165) is 29.6 Å². The second-order valence-corrected chi connectivity index (χ2v) is 7.92. The second kappa shape index (κ2) is 8.17. The molecule has 0 saturated carbocycles.